The van der Waals surface area contributed by atoms with Crippen LogP contribution in [-0.2, 0) is 0 Å². The third-order valence-corrected chi connectivity index (χ3v) is 5.54. The van der Waals surface area contributed by atoms with Crippen LogP contribution in [0, 0.1) is 0 Å². The predicted molar refractivity (Wildman–Crippen MR) is 113 cm³/mol. The highest BCUT2D eigenvalue weighted by Crippen LogP contribution is 2.23. The van der Waals surface area contributed by atoms with Crippen LogP contribution in [0.1, 0.15) is 23.0 Å². The van der Waals surface area contributed by atoms with Crippen molar-refractivity contribution in [1.82, 2.24) is 19.6 Å². The summed E-state index contributed by atoms with van der Waals surface area (Å²) in [4.78, 5) is 33.1. The average Bonchev–Trinajstić information content (AvgIpc) is 3.47. The molecule has 0 amide bonds. The Hall–Kier alpha value is -3.91. The van der Waals surface area contributed by atoms with Crippen molar-refractivity contribution < 1.29 is 9.21 Å². The van der Waals surface area contributed by atoms with Crippen LogP contribution < -0.4 is 10.1 Å². The number of carbonyl (C=O) groups is 1. The summed E-state index contributed by atoms with van der Waals surface area (Å²) in [5.74, 6) is 1.69. The van der Waals surface area contributed by atoms with Gasteiger partial charge in [-0.15, -0.1) is 5.10 Å². The first-order chi connectivity index (χ1) is 14.6. The first kappa shape index (κ1) is 18.1. The average molecular weight is 414 g/mol. The van der Waals surface area contributed by atoms with E-state index in [4.69, 9.17) is 4.42 Å². The van der Waals surface area contributed by atoms with Crippen LogP contribution in [0.5, 0.6) is 0 Å². The Labute approximate surface area is 174 Å². The summed E-state index contributed by atoms with van der Waals surface area (Å²) in [7, 11) is 0. The molecule has 0 unspecified atom stereocenters. The summed E-state index contributed by atoms with van der Waals surface area (Å²) >= 11 is 1.25. The summed E-state index contributed by atoms with van der Waals surface area (Å²) in [6.45, 7) is 1.53. The van der Waals surface area contributed by atoms with Gasteiger partial charge < -0.3 is 4.42 Å². The lowest BCUT2D eigenvalue weighted by molar-refractivity contribution is 0.101. The van der Waals surface area contributed by atoms with Crippen LogP contribution in [0.4, 0.5) is 0 Å². The zero-order valence-corrected chi connectivity index (χ0v) is 16.6. The monoisotopic (exact) mass is 414 g/mol. The summed E-state index contributed by atoms with van der Waals surface area (Å²) in [5, 5.41) is 4.31. The van der Waals surface area contributed by atoms with Crippen molar-refractivity contribution >= 4 is 28.2 Å². The van der Waals surface area contributed by atoms with Gasteiger partial charge in [-0.2, -0.15) is 9.50 Å². The van der Waals surface area contributed by atoms with Gasteiger partial charge in [0.2, 0.25) is 4.96 Å². The topological polar surface area (TPSA) is 90.4 Å². The third-order valence-electron chi connectivity index (χ3n) is 4.58. The molecule has 7 nitrogen and oxygen atoms in total. The van der Waals surface area contributed by atoms with E-state index < -0.39 is 0 Å². The number of thiazole rings is 1. The minimum Gasteiger partial charge on any atom is -0.457 e. The molecule has 0 spiro atoms. The zero-order valence-electron chi connectivity index (χ0n) is 15.8. The van der Waals surface area contributed by atoms with Gasteiger partial charge >= 0.3 is 0 Å². The second kappa shape index (κ2) is 7.16. The number of furan rings is 1. The van der Waals surface area contributed by atoms with Gasteiger partial charge in [0.15, 0.2) is 11.6 Å². The molecule has 0 fully saturated rings. The van der Waals surface area contributed by atoms with Gasteiger partial charge in [0.25, 0.3) is 5.56 Å². The molecular formula is C22H14N4O3S. The number of hydrogen-bond acceptors (Lipinski definition) is 7. The van der Waals surface area contributed by atoms with Crippen molar-refractivity contribution in [1.29, 1.82) is 0 Å². The normalized spacial score (nSPS) is 12.0. The van der Waals surface area contributed by atoms with Crippen LogP contribution >= 0.6 is 11.3 Å². The number of rotatable bonds is 4. The summed E-state index contributed by atoms with van der Waals surface area (Å²) in [6.07, 6.45) is 5.01. The van der Waals surface area contributed by atoms with Gasteiger partial charge in [0.05, 0.1) is 0 Å². The molecule has 146 valence electrons. The molecule has 0 radical (unpaired) electrons. The quantitative estimate of drug-likeness (QED) is 0.420. The zero-order chi connectivity index (χ0) is 20.7. The highest BCUT2D eigenvalue weighted by atomic mass is 32.1. The molecule has 0 atom stereocenters. The van der Waals surface area contributed by atoms with E-state index in [2.05, 4.69) is 15.1 Å². The van der Waals surface area contributed by atoms with E-state index in [-0.39, 0.29) is 11.3 Å². The van der Waals surface area contributed by atoms with Crippen molar-refractivity contribution in [2.75, 3.05) is 0 Å². The smallest absolute Gasteiger partial charge is 0.291 e. The maximum Gasteiger partial charge on any atom is 0.291 e. The molecule has 0 saturated heterocycles. The molecule has 4 aromatic heterocycles. The Kier molecular flexibility index (Phi) is 4.33. The fourth-order valence-corrected chi connectivity index (χ4v) is 3.92. The molecular weight excluding hydrogens is 400 g/mol. The van der Waals surface area contributed by atoms with Gasteiger partial charge in [-0.3, -0.25) is 14.6 Å². The third kappa shape index (κ3) is 3.23. The molecule has 0 saturated carbocycles. The number of ketones is 1. The molecule has 1 aromatic carbocycles. The number of hydrogen-bond donors (Lipinski definition) is 0. The largest absolute Gasteiger partial charge is 0.457 e. The molecule has 0 aliphatic carbocycles. The van der Waals surface area contributed by atoms with Gasteiger partial charge in [-0.05, 0) is 31.2 Å². The van der Waals surface area contributed by atoms with E-state index in [1.807, 2.05) is 24.3 Å². The number of pyridine rings is 1. The van der Waals surface area contributed by atoms with Gasteiger partial charge in [0, 0.05) is 35.2 Å². The molecule has 5 rings (SSSR count). The summed E-state index contributed by atoms with van der Waals surface area (Å²) in [6, 6.07) is 14.5. The molecule has 4 heterocycles. The molecule has 0 aliphatic heterocycles. The maximum absolute atomic E-state index is 12.7. The van der Waals surface area contributed by atoms with E-state index in [1.54, 1.807) is 42.7 Å². The number of fused-ring (bicyclic) bond motifs is 1. The summed E-state index contributed by atoms with van der Waals surface area (Å²) in [5.41, 5.74) is 2.00. The number of Topliss-reactive ketones (excluding diaryl/α,β-unsaturated/α-hetero) is 1. The fraction of sp³-hybridized carbons (Fsp3) is 0.0455. The molecule has 0 aliphatic rings. The Balaban J connectivity index is 1.48. The highest BCUT2D eigenvalue weighted by Gasteiger charge is 2.12. The van der Waals surface area contributed by atoms with Crippen LogP contribution in [0.2, 0.25) is 0 Å². The van der Waals surface area contributed by atoms with E-state index in [0.717, 1.165) is 11.1 Å². The van der Waals surface area contributed by atoms with Crippen molar-refractivity contribution in [2.24, 2.45) is 0 Å². The van der Waals surface area contributed by atoms with Crippen LogP contribution in [-0.4, -0.2) is 25.4 Å². The lowest BCUT2D eigenvalue weighted by atomic mass is 10.1. The molecule has 0 bridgehead atoms. The van der Waals surface area contributed by atoms with E-state index in [1.165, 1.54) is 22.8 Å². The van der Waals surface area contributed by atoms with Gasteiger partial charge in [-0.25, -0.2) is 0 Å². The van der Waals surface area contributed by atoms with Crippen LogP contribution in [0.25, 0.3) is 33.7 Å². The number of benzene rings is 1. The Morgan fingerprint density at radius 3 is 2.63 bits per heavy atom. The van der Waals surface area contributed by atoms with Gasteiger partial charge in [-0.1, -0.05) is 35.6 Å². The first-order valence-corrected chi connectivity index (χ1v) is 9.93. The number of nitrogens with zero attached hydrogens (tertiary/aromatic N) is 4. The molecule has 0 N–H and O–H groups in total. The Bertz CT molecular complexity index is 1480. The van der Waals surface area contributed by atoms with E-state index >= 15 is 0 Å². The van der Waals surface area contributed by atoms with Crippen LogP contribution in [0.3, 0.4) is 0 Å². The predicted octanol–water partition coefficient (Wildman–Crippen LogP) is 3.22. The van der Waals surface area contributed by atoms with Crippen molar-refractivity contribution in [3.05, 3.63) is 87.1 Å². The van der Waals surface area contributed by atoms with Crippen molar-refractivity contribution in [3.8, 4) is 22.7 Å². The van der Waals surface area contributed by atoms with Crippen molar-refractivity contribution in [2.45, 2.75) is 6.92 Å². The Morgan fingerprint density at radius 2 is 1.93 bits per heavy atom. The van der Waals surface area contributed by atoms with Crippen LogP contribution in [0.15, 0.2) is 70.1 Å². The number of aromatic nitrogens is 4. The molecule has 8 heteroatoms. The van der Waals surface area contributed by atoms with Crippen molar-refractivity contribution in [3.63, 3.8) is 0 Å². The second-order valence-corrected chi connectivity index (χ2v) is 7.63. The van der Waals surface area contributed by atoms with E-state index in [9.17, 15) is 9.59 Å². The van der Waals surface area contributed by atoms with E-state index in [0.29, 0.717) is 32.4 Å². The first-order valence-electron chi connectivity index (χ1n) is 9.11. The van der Waals surface area contributed by atoms with Gasteiger partial charge in [0.1, 0.15) is 16.1 Å². The lowest BCUT2D eigenvalue weighted by Gasteiger charge is -1.98. The fourth-order valence-electron chi connectivity index (χ4n) is 3.04. The lowest BCUT2D eigenvalue weighted by Crippen LogP contribution is -2.23. The summed E-state index contributed by atoms with van der Waals surface area (Å²) < 4.78 is 7.64. The minimum absolute atomic E-state index is 0.0148. The molecule has 5 aromatic rings. The molecule has 30 heavy (non-hydrogen) atoms. The minimum atomic E-state index is -0.249. The highest BCUT2D eigenvalue weighted by molar-refractivity contribution is 7.15. The maximum atomic E-state index is 12.7. The SMILES string of the molecule is CC(=O)c1ccc(-c2ccc(/C=c3\sc4nc(-c5cccnc5)nn4c3=O)o2)cc1. The standard InChI is InChI=1S/C22H14N4O3S/c1-13(27)14-4-6-15(7-5-14)18-9-8-17(29-18)11-19-21(28)26-22(30-19)24-20(25-26)16-3-2-10-23-12-16/h2-12H,1H3/b19-11-. The second-order valence-electron chi connectivity index (χ2n) is 6.62. The number of carbonyl (C=O) groups excluding carboxylic acids is 1. The Morgan fingerprint density at radius 1 is 1.10 bits per heavy atom.